The van der Waals surface area contributed by atoms with E-state index in [9.17, 15) is 9.59 Å². The molecule has 0 aliphatic carbocycles. The van der Waals surface area contributed by atoms with Crippen LogP contribution in [0.25, 0.3) is 17.2 Å². The third kappa shape index (κ3) is 8.12. The molecule has 198 valence electrons. The summed E-state index contributed by atoms with van der Waals surface area (Å²) in [6, 6.07) is 13.9. The Balaban J connectivity index is 0.000000414. The summed E-state index contributed by atoms with van der Waals surface area (Å²) in [5, 5.41) is 3.38. The van der Waals surface area contributed by atoms with Crippen molar-refractivity contribution in [3.05, 3.63) is 59.2 Å². The highest BCUT2D eigenvalue weighted by Gasteiger charge is 2.19. The first-order valence-electron chi connectivity index (χ1n) is 13.7. The number of rotatable bonds is 8. The van der Waals surface area contributed by atoms with Crippen molar-refractivity contribution < 1.29 is 9.59 Å². The largest absolute Gasteiger partial charge is 0.343 e. The Labute approximate surface area is 222 Å². The molecular weight excluding hydrogens is 460 g/mol. The number of aliphatic imine (C=N–C) groups is 1. The molecule has 1 fully saturated rings. The number of carbonyl (C=O) groups excluding carboxylic acids is 2. The summed E-state index contributed by atoms with van der Waals surface area (Å²) in [4.78, 5) is 32.7. The zero-order valence-electron chi connectivity index (χ0n) is 22.9. The molecule has 0 unspecified atom stereocenters. The van der Waals surface area contributed by atoms with Gasteiger partial charge in [0, 0.05) is 42.9 Å². The third-order valence-corrected chi connectivity index (χ3v) is 6.61. The fourth-order valence-electron chi connectivity index (χ4n) is 4.76. The number of amidine groups is 1. The maximum Gasteiger partial charge on any atom is 0.253 e. The molecular formula is C31H42N4O2. The number of anilines is 1. The van der Waals surface area contributed by atoms with E-state index in [-0.39, 0.29) is 5.91 Å². The van der Waals surface area contributed by atoms with Crippen LogP contribution >= 0.6 is 0 Å². The second kappa shape index (κ2) is 14.5. The molecule has 2 aliphatic rings. The second-order valence-corrected chi connectivity index (χ2v) is 9.74. The molecule has 1 saturated heterocycles. The summed E-state index contributed by atoms with van der Waals surface area (Å²) in [5.41, 5.74) is 5.45. The zero-order chi connectivity index (χ0) is 26.6. The lowest BCUT2D eigenvalue weighted by Crippen LogP contribution is -2.27. The third-order valence-electron chi connectivity index (χ3n) is 6.61. The first kappa shape index (κ1) is 28.3. The molecule has 37 heavy (non-hydrogen) atoms. The molecule has 1 amide bonds. The summed E-state index contributed by atoms with van der Waals surface area (Å²) >= 11 is 0. The van der Waals surface area contributed by atoms with Gasteiger partial charge in [-0.05, 0) is 93.7 Å². The van der Waals surface area contributed by atoms with E-state index >= 15 is 0 Å². The van der Waals surface area contributed by atoms with E-state index in [4.69, 9.17) is 0 Å². The monoisotopic (exact) mass is 502 g/mol. The summed E-state index contributed by atoms with van der Waals surface area (Å²) in [7, 11) is 2.17. The van der Waals surface area contributed by atoms with Crippen LogP contribution in [0.3, 0.4) is 0 Å². The molecule has 0 radical (unpaired) electrons. The Kier molecular flexibility index (Phi) is 11.1. The summed E-state index contributed by atoms with van der Waals surface area (Å²) in [6.07, 6.45) is 8.05. The van der Waals surface area contributed by atoms with Crippen molar-refractivity contribution in [1.82, 2.24) is 9.80 Å². The minimum absolute atomic E-state index is 0.115. The summed E-state index contributed by atoms with van der Waals surface area (Å²) < 4.78 is 0. The van der Waals surface area contributed by atoms with Crippen molar-refractivity contribution in [2.24, 2.45) is 4.99 Å². The first-order chi connectivity index (χ1) is 18.0. The molecule has 2 aromatic carbocycles. The lowest BCUT2D eigenvalue weighted by molar-refractivity contribution is -0.104. The molecule has 2 aliphatic heterocycles. The van der Waals surface area contributed by atoms with Crippen molar-refractivity contribution in [3.63, 3.8) is 0 Å². The van der Waals surface area contributed by atoms with Gasteiger partial charge in [-0.25, -0.2) is 0 Å². The van der Waals surface area contributed by atoms with Gasteiger partial charge in [0.15, 0.2) is 0 Å². The smallest absolute Gasteiger partial charge is 0.253 e. The Morgan fingerprint density at radius 2 is 1.65 bits per heavy atom. The normalized spacial score (nSPS) is 15.9. The average molecular weight is 503 g/mol. The highest BCUT2D eigenvalue weighted by molar-refractivity contribution is 6.06. The van der Waals surface area contributed by atoms with Gasteiger partial charge in [0.25, 0.3) is 5.91 Å². The van der Waals surface area contributed by atoms with E-state index in [1.165, 1.54) is 25.9 Å². The Hall–Kier alpha value is -3.25. The van der Waals surface area contributed by atoms with Gasteiger partial charge in [-0.1, -0.05) is 38.1 Å². The standard InChI is InChI=1S/C24H25N3O2.C7H17N/c1-2-25-23-14-17(16-28)13-21-10-9-20(15-22(21)26-23)18-5-7-19(8-6-18)24(29)27-11-3-4-12-27;1-4-6-8(3)7-5-2/h5-10,13,15-16H,2-4,11-12,14H2,1H3,(H,25,26);4-7H2,1-3H3. The van der Waals surface area contributed by atoms with Gasteiger partial charge < -0.3 is 15.1 Å². The van der Waals surface area contributed by atoms with E-state index in [0.717, 1.165) is 66.0 Å². The van der Waals surface area contributed by atoms with Gasteiger partial charge >= 0.3 is 0 Å². The lowest BCUT2D eigenvalue weighted by atomic mass is 10.00. The Morgan fingerprint density at radius 1 is 1.00 bits per heavy atom. The van der Waals surface area contributed by atoms with Crippen molar-refractivity contribution in [1.29, 1.82) is 0 Å². The maximum absolute atomic E-state index is 12.5. The van der Waals surface area contributed by atoms with Crippen molar-refractivity contribution in [2.75, 3.05) is 45.1 Å². The van der Waals surface area contributed by atoms with Crippen LogP contribution in [0.1, 0.15) is 68.8 Å². The van der Waals surface area contributed by atoms with Crippen molar-refractivity contribution in [3.8, 4) is 11.1 Å². The van der Waals surface area contributed by atoms with Gasteiger partial charge in [0.2, 0.25) is 0 Å². The number of carbonyl (C=O) groups is 2. The van der Waals surface area contributed by atoms with Crippen LogP contribution in [0, 0.1) is 0 Å². The topological polar surface area (TPSA) is 65.0 Å². The Morgan fingerprint density at radius 3 is 2.24 bits per heavy atom. The number of aldehydes is 1. The van der Waals surface area contributed by atoms with E-state index in [2.05, 4.69) is 42.2 Å². The summed E-state index contributed by atoms with van der Waals surface area (Å²) in [5.74, 6) is 0.915. The van der Waals surface area contributed by atoms with E-state index in [1.54, 1.807) is 0 Å². The molecule has 0 saturated carbocycles. The second-order valence-electron chi connectivity index (χ2n) is 9.74. The number of hydrogen-bond donors (Lipinski definition) is 1. The van der Waals surface area contributed by atoms with Crippen molar-refractivity contribution in [2.45, 2.75) is 52.9 Å². The van der Waals surface area contributed by atoms with Gasteiger partial charge in [0.1, 0.15) is 12.1 Å². The quantitative estimate of drug-likeness (QED) is 0.440. The van der Waals surface area contributed by atoms with Crippen LogP contribution in [-0.2, 0) is 4.79 Å². The lowest BCUT2D eigenvalue weighted by Gasteiger charge is -2.15. The minimum Gasteiger partial charge on any atom is -0.343 e. The maximum atomic E-state index is 12.5. The Bertz CT molecular complexity index is 1090. The van der Waals surface area contributed by atoms with Crippen LogP contribution in [-0.4, -0.2) is 67.6 Å². The number of likely N-dealkylation sites (tertiary alicyclic amines) is 1. The van der Waals surface area contributed by atoms with Crippen molar-refractivity contribution >= 4 is 29.8 Å². The molecule has 2 heterocycles. The molecule has 6 nitrogen and oxygen atoms in total. The number of fused-ring (bicyclic) bond motifs is 1. The number of nitrogens with zero attached hydrogens (tertiary/aromatic N) is 3. The molecule has 6 heteroatoms. The SMILES string of the molecule is CCCN(C)CCC.CCN=C1CC(C=O)=Cc2ccc(-c3ccc(C(=O)N4CCCC4)cc3)cc2N1. The molecule has 0 atom stereocenters. The van der Waals surface area contributed by atoms with Crippen LogP contribution in [0.2, 0.25) is 0 Å². The van der Waals surface area contributed by atoms with Gasteiger partial charge in [-0.3, -0.25) is 14.6 Å². The van der Waals surface area contributed by atoms with Crippen LogP contribution in [0.4, 0.5) is 5.69 Å². The fraction of sp³-hybridized carbons (Fsp3) is 0.452. The molecule has 0 bridgehead atoms. The highest BCUT2D eigenvalue weighted by atomic mass is 16.2. The minimum atomic E-state index is 0.115. The van der Waals surface area contributed by atoms with Crippen LogP contribution < -0.4 is 5.32 Å². The predicted molar refractivity (Wildman–Crippen MR) is 155 cm³/mol. The van der Waals surface area contributed by atoms with E-state index in [1.807, 2.05) is 54.3 Å². The number of hydrogen-bond acceptors (Lipinski definition) is 4. The van der Waals surface area contributed by atoms with Crippen LogP contribution in [0.15, 0.2) is 53.0 Å². The molecule has 0 aromatic heterocycles. The number of benzene rings is 2. The molecule has 0 spiro atoms. The predicted octanol–water partition coefficient (Wildman–Crippen LogP) is 6.14. The fourth-order valence-corrected chi connectivity index (χ4v) is 4.76. The highest BCUT2D eigenvalue weighted by Crippen LogP contribution is 2.30. The van der Waals surface area contributed by atoms with E-state index in [0.29, 0.717) is 18.5 Å². The van der Waals surface area contributed by atoms with E-state index < -0.39 is 0 Å². The van der Waals surface area contributed by atoms with Gasteiger partial charge in [-0.15, -0.1) is 0 Å². The molecule has 2 aromatic rings. The van der Waals surface area contributed by atoms with Gasteiger partial charge in [0.05, 0.1) is 0 Å². The summed E-state index contributed by atoms with van der Waals surface area (Å²) in [6.45, 7) is 11.3. The van der Waals surface area contributed by atoms with Crippen LogP contribution in [0.5, 0.6) is 0 Å². The molecule has 4 rings (SSSR count). The zero-order valence-corrected chi connectivity index (χ0v) is 22.9. The number of amides is 1. The number of nitrogens with one attached hydrogen (secondary N) is 1. The van der Waals surface area contributed by atoms with Gasteiger partial charge in [-0.2, -0.15) is 0 Å². The first-order valence-corrected chi connectivity index (χ1v) is 13.7. The average Bonchev–Trinajstić information content (AvgIpc) is 3.38. The molecule has 1 N–H and O–H groups in total.